The Balaban J connectivity index is 1.65. The number of carbonyl (C=O) groups is 2. The average Bonchev–Trinajstić information content (AvgIpc) is 3.11. The van der Waals surface area contributed by atoms with Crippen molar-refractivity contribution in [3.8, 4) is 0 Å². The van der Waals surface area contributed by atoms with Gasteiger partial charge in [-0.25, -0.2) is 4.98 Å². The average molecular weight is 372 g/mol. The van der Waals surface area contributed by atoms with Crippen molar-refractivity contribution in [2.75, 3.05) is 32.5 Å². The van der Waals surface area contributed by atoms with Crippen LogP contribution in [-0.4, -0.2) is 59.4 Å². The summed E-state index contributed by atoms with van der Waals surface area (Å²) in [7, 11) is 1.82. The number of benzene rings is 1. The summed E-state index contributed by atoms with van der Waals surface area (Å²) in [6.07, 6.45) is 0.316. The van der Waals surface area contributed by atoms with Gasteiger partial charge in [0, 0.05) is 25.5 Å². The zero-order valence-corrected chi connectivity index (χ0v) is 15.2. The molecule has 1 aromatic carbocycles. The first-order valence-corrected chi connectivity index (χ1v) is 9.34. The standard InChI is InChI=1S/C18H20N4O3S/c1-21-15(23)10-25-14-9-22(16(24)13-11-26-17(19)20-13)8-7-18(14,21)12-5-3-2-4-6-12/h2-6,11,14H,7-10H2,1H3,(H2,19,20)/t14-,18+/m1/s1. The van der Waals surface area contributed by atoms with Crippen LogP contribution in [-0.2, 0) is 15.1 Å². The number of ether oxygens (including phenoxy) is 1. The molecule has 26 heavy (non-hydrogen) atoms. The summed E-state index contributed by atoms with van der Waals surface area (Å²) in [5.41, 5.74) is 6.48. The van der Waals surface area contributed by atoms with E-state index >= 15 is 0 Å². The number of fused-ring (bicyclic) bond motifs is 1. The molecule has 7 nitrogen and oxygen atoms in total. The van der Waals surface area contributed by atoms with Crippen LogP contribution in [0.1, 0.15) is 22.5 Å². The molecule has 1 aromatic heterocycles. The van der Waals surface area contributed by atoms with E-state index in [2.05, 4.69) is 4.98 Å². The third-order valence-corrected chi connectivity index (χ3v) is 6.04. The van der Waals surface area contributed by atoms with E-state index in [0.717, 1.165) is 5.56 Å². The van der Waals surface area contributed by atoms with E-state index in [1.807, 2.05) is 37.4 Å². The molecular formula is C18H20N4O3S. The lowest BCUT2D eigenvalue weighted by atomic mass is 9.76. The molecule has 0 radical (unpaired) electrons. The fourth-order valence-corrected chi connectivity index (χ4v) is 4.49. The van der Waals surface area contributed by atoms with Gasteiger partial charge in [-0.3, -0.25) is 9.59 Å². The number of nitrogen functional groups attached to an aromatic ring is 1. The van der Waals surface area contributed by atoms with Gasteiger partial charge < -0.3 is 20.3 Å². The van der Waals surface area contributed by atoms with E-state index in [1.54, 1.807) is 15.2 Å². The second-order valence-corrected chi connectivity index (χ2v) is 7.50. The third kappa shape index (κ3) is 2.57. The van der Waals surface area contributed by atoms with E-state index in [0.29, 0.717) is 30.3 Å². The number of carbonyl (C=O) groups excluding carboxylic acids is 2. The lowest BCUT2D eigenvalue weighted by Crippen LogP contribution is -2.67. The number of hydrogen-bond acceptors (Lipinski definition) is 6. The highest BCUT2D eigenvalue weighted by atomic mass is 32.1. The molecule has 2 fully saturated rings. The lowest BCUT2D eigenvalue weighted by molar-refractivity contribution is -0.180. The maximum atomic E-state index is 12.8. The van der Waals surface area contributed by atoms with Crippen LogP contribution in [0.5, 0.6) is 0 Å². The van der Waals surface area contributed by atoms with Crippen LogP contribution in [0.25, 0.3) is 0 Å². The van der Waals surface area contributed by atoms with Gasteiger partial charge in [-0.05, 0) is 12.0 Å². The van der Waals surface area contributed by atoms with Crippen molar-refractivity contribution in [2.45, 2.75) is 18.1 Å². The summed E-state index contributed by atoms with van der Waals surface area (Å²) in [6, 6.07) is 9.91. The van der Waals surface area contributed by atoms with Gasteiger partial charge >= 0.3 is 0 Å². The second-order valence-electron chi connectivity index (χ2n) is 6.61. The summed E-state index contributed by atoms with van der Waals surface area (Å²) in [5.74, 6) is -0.195. The monoisotopic (exact) mass is 372 g/mol. The number of rotatable bonds is 2. The maximum absolute atomic E-state index is 12.8. The molecule has 3 heterocycles. The van der Waals surface area contributed by atoms with Crippen molar-refractivity contribution in [2.24, 2.45) is 0 Å². The van der Waals surface area contributed by atoms with Gasteiger partial charge in [0.15, 0.2) is 5.13 Å². The van der Waals surface area contributed by atoms with Crippen molar-refractivity contribution in [1.29, 1.82) is 0 Å². The van der Waals surface area contributed by atoms with Crippen molar-refractivity contribution in [3.63, 3.8) is 0 Å². The minimum atomic E-state index is -0.561. The summed E-state index contributed by atoms with van der Waals surface area (Å²) < 4.78 is 5.92. The fourth-order valence-electron chi connectivity index (χ4n) is 3.96. The van der Waals surface area contributed by atoms with E-state index in [1.165, 1.54) is 11.3 Å². The molecule has 0 aliphatic carbocycles. The Labute approximate surface area is 155 Å². The zero-order valence-electron chi connectivity index (χ0n) is 14.4. The number of amides is 2. The summed E-state index contributed by atoms with van der Waals surface area (Å²) in [6.45, 7) is 0.951. The van der Waals surface area contributed by atoms with Crippen LogP contribution >= 0.6 is 11.3 Å². The Bertz CT molecular complexity index is 840. The highest BCUT2D eigenvalue weighted by Gasteiger charge is 2.53. The Hall–Kier alpha value is -2.45. The number of nitrogens with two attached hydrogens (primary N) is 1. The fraction of sp³-hybridized carbons (Fsp3) is 0.389. The highest BCUT2D eigenvalue weighted by Crippen LogP contribution is 2.42. The van der Waals surface area contributed by atoms with Crippen LogP contribution < -0.4 is 5.73 Å². The largest absolute Gasteiger partial charge is 0.375 e. The Morgan fingerprint density at radius 1 is 1.38 bits per heavy atom. The van der Waals surface area contributed by atoms with E-state index in [9.17, 15) is 9.59 Å². The minimum absolute atomic E-state index is 0.0292. The van der Waals surface area contributed by atoms with E-state index < -0.39 is 5.54 Å². The lowest BCUT2D eigenvalue weighted by Gasteiger charge is -2.54. The van der Waals surface area contributed by atoms with Crippen molar-refractivity contribution < 1.29 is 14.3 Å². The smallest absolute Gasteiger partial charge is 0.273 e. The molecule has 2 atom stereocenters. The number of morpholine rings is 1. The minimum Gasteiger partial charge on any atom is -0.375 e. The number of nitrogens with zero attached hydrogens (tertiary/aromatic N) is 3. The van der Waals surface area contributed by atoms with Crippen molar-refractivity contribution in [1.82, 2.24) is 14.8 Å². The summed E-state index contributed by atoms with van der Waals surface area (Å²) in [5, 5.41) is 2.05. The molecule has 2 aliphatic rings. The zero-order chi connectivity index (χ0) is 18.3. The van der Waals surface area contributed by atoms with E-state index in [4.69, 9.17) is 10.5 Å². The first kappa shape index (κ1) is 17.0. The van der Waals surface area contributed by atoms with Gasteiger partial charge in [0.05, 0.1) is 5.54 Å². The number of piperidine rings is 1. The molecule has 2 aromatic rings. The topological polar surface area (TPSA) is 88.8 Å². The Kier molecular flexibility index (Phi) is 4.16. The number of likely N-dealkylation sites (tertiary alicyclic amines) is 1. The Morgan fingerprint density at radius 2 is 2.15 bits per heavy atom. The summed E-state index contributed by atoms with van der Waals surface area (Å²) in [4.78, 5) is 32.7. The quantitative estimate of drug-likeness (QED) is 0.859. The van der Waals surface area contributed by atoms with Gasteiger partial charge in [-0.2, -0.15) is 0 Å². The molecular weight excluding hydrogens is 352 g/mol. The van der Waals surface area contributed by atoms with Crippen LogP contribution in [0.2, 0.25) is 0 Å². The predicted octanol–water partition coefficient (Wildman–Crippen LogP) is 1.32. The predicted molar refractivity (Wildman–Crippen MR) is 97.7 cm³/mol. The number of aromatic nitrogens is 1. The SMILES string of the molecule is CN1C(=O)CO[C@@H]2CN(C(=O)c3csc(N)n3)CC[C@]21c1ccccc1. The van der Waals surface area contributed by atoms with Gasteiger partial charge in [0.25, 0.3) is 5.91 Å². The molecule has 4 rings (SSSR count). The molecule has 0 bridgehead atoms. The van der Waals surface area contributed by atoms with E-state index in [-0.39, 0.29) is 24.5 Å². The van der Waals surface area contributed by atoms with Crippen LogP contribution in [0.3, 0.4) is 0 Å². The molecule has 2 N–H and O–H groups in total. The molecule has 2 aliphatic heterocycles. The molecule has 2 saturated heterocycles. The maximum Gasteiger partial charge on any atom is 0.273 e. The van der Waals surface area contributed by atoms with Gasteiger partial charge in [-0.15, -0.1) is 11.3 Å². The van der Waals surface area contributed by atoms with Gasteiger partial charge in [0.2, 0.25) is 5.91 Å². The normalized spacial score (nSPS) is 25.9. The van der Waals surface area contributed by atoms with Gasteiger partial charge in [0.1, 0.15) is 18.4 Å². The second kappa shape index (κ2) is 6.37. The molecule has 0 spiro atoms. The van der Waals surface area contributed by atoms with Gasteiger partial charge in [-0.1, -0.05) is 30.3 Å². The number of thiazole rings is 1. The van der Waals surface area contributed by atoms with Crippen molar-refractivity contribution >= 4 is 28.3 Å². The number of anilines is 1. The molecule has 0 saturated carbocycles. The molecule has 136 valence electrons. The van der Waals surface area contributed by atoms with Crippen molar-refractivity contribution in [3.05, 3.63) is 47.0 Å². The third-order valence-electron chi connectivity index (χ3n) is 5.36. The van der Waals surface area contributed by atoms with Crippen LogP contribution in [0, 0.1) is 0 Å². The molecule has 0 unspecified atom stereocenters. The Morgan fingerprint density at radius 3 is 2.85 bits per heavy atom. The first-order chi connectivity index (χ1) is 12.5. The van der Waals surface area contributed by atoms with Crippen LogP contribution in [0.15, 0.2) is 35.7 Å². The highest BCUT2D eigenvalue weighted by molar-refractivity contribution is 7.13. The molecule has 2 amide bonds. The number of likely N-dealkylation sites (N-methyl/N-ethyl adjacent to an activating group) is 1. The number of hydrogen-bond donors (Lipinski definition) is 1. The molecule has 8 heteroatoms. The summed E-state index contributed by atoms with van der Waals surface area (Å²) >= 11 is 1.25. The van der Waals surface area contributed by atoms with Crippen LogP contribution in [0.4, 0.5) is 5.13 Å². The first-order valence-electron chi connectivity index (χ1n) is 8.46.